The van der Waals surface area contributed by atoms with E-state index in [1.54, 1.807) is 24.3 Å². The first-order valence-electron chi connectivity index (χ1n) is 15.8. The number of allylic oxidation sites excluding steroid dienone is 1. The van der Waals surface area contributed by atoms with Gasteiger partial charge in [0.2, 0.25) is 11.7 Å². The standard InChI is InChI=1S/C37H45N3O8.ClH/c1-21(2)16-30(40-37(44)33(42)28(38)17-22-10-8-7-9-11-22)36(43)39-29-18-23(12-15-31(29)45-3)26-19-24(41)13-14-25-27(26)20-32(46-4)35(48-6)34(25)47-5;/h7-12,15,18-21,28,30,33,42H,13-14,16-17,38H2,1-6H3,(H,39,43)(H,40,44);1H/p-1. The highest BCUT2D eigenvalue weighted by atomic mass is 35.5. The highest BCUT2D eigenvalue weighted by molar-refractivity contribution is 6.04. The molecule has 4 rings (SSSR count). The van der Waals surface area contributed by atoms with E-state index in [2.05, 4.69) is 10.6 Å². The number of aliphatic hydroxyl groups excluding tert-OH is 1. The van der Waals surface area contributed by atoms with Gasteiger partial charge in [0.25, 0.3) is 5.91 Å². The Kier molecular flexibility index (Phi) is 14.0. The van der Waals surface area contributed by atoms with Gasteiger partial charge in [-0.1, -0.05) is 50.2 Å². The molecule has 3 aromatic rings. The number of nitrogens with two attached hydrogens (primary N) is 1. The number of benzene rings is 3. The third kappa shape index (κ3) is 9.32. The maximum Gasteiger partial charge on any atom is 0.251 e. The number of nitrogens with one attached hydrogen (secondary N) is 2. The van der Waals surface area contributed by atoms with Crippen LogP contribution in [0, 0.1) is 5.92 Å². The number of halogens is 1. The normalized spacial score (nSPS) is 14.2. The van der Waals surface area contributed by atoms with Gasteiger partial charge < -0.3 is 52.8 Å². The van der Waals surface area contributed by atoms with Crippen LogP contribution in [-0.4, -0.2) is 69.3 Å². The van der Waals surface area contributed by atoms with Crippen LogP contribution in [0.2, 0.25) is 0 Å². The average Bonchev–Trinajstić information content (AvgIpc) is 3.24. The molecule has 1 aliphatic carbocycles. The number of ketones is 1. The lowest BCUT2D eigenvalue weighted by atomic mass is 9.92. The number of rotatable bonds is 14. The average molecular weight is 695 g/mol. The molecule has 5 N–H and O–H groups in total. The Morgan fingerprint density at radius 3 is 2.16 bits per heavy atom. The van der Waals surface area contributed by atoms with Crippen molar-refractivity contribution in [1.29, 1.82) is 0 Å². The van der Waals surface area contributed by atoms with Crippen LogP contribution >= 0.6 is 0 Å². The van der Waals surface area contributed by atoms with Crippen molar-refractivity contribution in [3.63, 3.8) is 0 Å². The monoisotopic (exact) mass is 694 g/mol. The lowest BCUT2D eigenvalue weighted by Gasteiger charge is -2.24. The van der Waals surface area contributed by atoms with E-state index in [4.69, 9.17) is 24.7 Å². The Hall–Kier alpha value is -4.58. The van der Waals surface area contributed by atoms with Gasteiger partial charge in [-0.25, -0.2) is 0 Å². The number of ether oxygens (including phenoxy) is 4. The summed E-state index contributed by atoms with van der Waals surface area (Å²) in [6.07, 6.45) is 1.32. The SMILES string of the molecule is COc1ccc(C2=CC(=O)CCc3c2cc(OC)c(OC)c3OC)cc1NC(=O)C(CC(C)C)NC(=O)C(O)C(N)Cc1ccccc1.[Cl-]. The molecule has 0 saturated heterocycles. The van der Waals surface area contributed by atoms with E-state index < -0.39 is 30.0 Å². The van der Waals surface area contributed by atoms with Gasteiger partial charge in [-0.15, -0.1) is 0 Å². The molecule has 2 amide bonds. The van der Waals surface area contributed by atoms with Crippen molar-refractivity contribution >= 4 is 28.9 Å². The predicted octanol–water partition coefficient (Wildman–Crippen LogP) is 1.07. The number of carbonyl (C=O) groups excluding carboxylic acids is 3. The molecule has 1 aliphatic rings. The number of anilines is 1. The number of methoxy groups -OCH3 is 4. The van der Waals surface area contributed by atoms with Crippen molar-refractivity contribution in [2.75, 3.05) is 33.8 Å². The summed E-state index contributed by atoms with van der Waals surface area (Å²) in [5, 5.41) is 16.3. The summed E-state index contributed by atoms with van der Waals surface area (Å²) in [7, 11) is 6.07. The third-order valence-corrected chi connectivity index (χ3v) is 8.25. The molecule has 11 nitrogen and oxygen atoms in total. The lowest BCUT2D eigenvalue weighted by molar-refractivity contribution is -0.133. The zero-order chi connectivity index (χ0) is 35.0. The van der Waals surface area contributed by atoms with E-state index in [1.165, 1.54) is 28.4 Å². The van der Waals surface area contributed by atoms with Crippen molar-refractivity contribution < 1.29 is 50.8 Å². The summed E-state index contributed by atoms with van der Waals surface area (Å²) in [6, 6.07) is 14.5. The third-order valence-electron chi connectivity index (χ3n) is 8.25. The van der Waals surface area contributed by atoms with Crippen LogP contribution in [-0.2, 0) is 27.2 Å². The maximum absolute atomic E-state index is 13.8. The first-order valence-corrected chi connectivity index (χ1v) is 15.8. The number of fused-ring (bicyclic) bond motifs is 1. The van der Waals surface area contributed by atoms with E-state index in [0.717, 1.165) is 16.7 Å². The van der Waals surface area contributed by atoms with Gasteiger partial charge in [-0.2, -0.15) is 0 Å². The smallest absolute Gasteiger partial charge is 0.251 e. The second kappa shape index (κ2) is 17.7. The van der Waals surface area contributed by atoms with E-state index in [9.17, 15) is 19.5 Å². The molecule has 3 atom stereocenters. The Balaban J connectivity index is 0.00000650. The fraction of sp³-hybridized carbons (Fsp3) is 0.378. The van der Waals surface area contributed by atoms with Gasteiger partial charge in [0.15, 0.2) is 17.3 Å². The number of hydrogen-bond donors (Lipinski definition) is 4. The number of carbonyl (C=O) groups is 3. The Labute approximate surface area is 293 Å². The zero-order valence-corrected chi connectivity index (χ0v) is 29.4. The molecule has 3 aromatic carbocycles. The number of aliphatic hydroxyl groups is 1. The summed E-state index contributed by atoms with van der Waals surface area (Å²) in [6.45, 7) is 3.85. The minimum atomic E-state index is -1.53. The summed E-state index contributed by atoms with van der Waals surface area (Å²) in [5.41, 5.74) is 10.1. The summed E-state index contributed by atoms with van der Waals surface area (Å²) in [5.74, 6) is 0.432. The number of amides is 2. The molecule has 0 aromatic heterocycles. The molecule has 0 heterocycles. The van der Waals surface area contributed by atoms with Crippen molar-refractivity contribution in [3.05, 3.63) is 82.9 Å². The maximum atomic E-state index is 13.8. The van der Waals surface area contributed by atoms with Gasteiger partial charge in [-0.05, 0) is 71.7 Å². The Bertz CT molecular complexity index is 1660. The highest BCUT2D eigenvalue weighted by Gasteiger charge is 2.30. The van der Waals surface area contributed by atoms with Gasteiger partial charge in [-0.3, -0.25) is 14.4 Å². The quantitative estimate of drug-likeness (QED) is 0.194. The molecule has 0 saturated carbocycles. The Morgan fingerprint density at radius 2 is 1.55 bits per heavy atom. The van der Waals surface area contributed by atoms with Crippen molar-refractivity contribution in [2.45, 2.75) is 57.7 Å². The van der Waals surface area contributed by atoms with E-state index in [1.807, 2.05) is 50.2 Å². The van der Waals surface area contributed by atoms with Crippen LogP contribution in [0.5, 0.6) is 23.0 Å². The van der Waals surface area contributed by atoms with Gasteiger partial charge in [0.05, 0.1) is 34.1 Å². The van der Waals surface area contributed by atoms with Crippen molar-refractivity contribution in [3.8, 4) is 23.0 Å². The molecular weight excluding hydrogens is 650 g/mol. The van der Waals surface area contributed by atoms with E-state index >= 15 is 0 Å². The summed E-state index contributed by atoms with van der Waals surface area (Å²) < 4.78 is 22.5. The summed E-state index contributed by atoms with van der Waals surface area (Å²) in [4.78, 5) is 39.9. The largest absolute Gasteiger partial charge is 1.00 e. The minimum Gasteiger partial charge on any atom is -1.00 e. The predicted molar refractivity (Wildman–Crippen MR) is 184 cm³/mol. The minimum absolute atomic E-state index is 0. The highest BCUT2D eigenvalue weighted by Crippen LogP contribution is 2.47. The summed E-state index contributed by atoms with van der Waals surface area (Å²) >= 11 is 0. The van der Waals surface area contributed by atoms with E-state index in [-0.39, 0.29) is 36.9 Å². The van der Waals surface area contributed by atoms with E-state index in [0.29, 0.717) is 52.7 Å². The molecule has 0 fully saturated rings. The Morgan fingerprint density at radius 1 is 0.878 bits per heavy atom. The van der Waals surface area contributed by atoms with Gasteiger partial charge in [0.1, 0.15) is 17.9 Å². The molecule has 0 spiro atoms. The van der Waals surface area contributed by atoms with Crippen LogP contribution in [0.15, 0.2) is 60.7 Å². The van der Waals surface area contributed by atoms with Gasteiger partial charge >= 0.3 is 0 Å². The topological polar surface area (TPSA) is 158 Å². The molecule has 12 heteroatoms. The first kappa shape index (κ1) is 38.9. The van der Waals surface area contributed by atoms with Gasteiger partial charge in [0, 0.05) is 18.0 Å². The van der Waals surface area contributed by atoms with Crippen LogP contribution in [0.4, 0.5) is 5.69 Å². The number of hydrogen-bond acceptors (Lipinski definition) is 9. The molecule has 264 valence electrons. The van der Waals surface area contributed by atoms with Crippen molar-refractivity contribution in [2.24, 2.45) is 11.7 Å². The molecular formula is C37H45ClN3O8-. The fourth-order valence-corrected chi connectivity index (χ4v) is 5.85. The van der Waals surface area contributed by atoms with Crippen LogP contribution in [0.25, 0.3) is 5.57 Å². The van der Waals surface area contributed by atoms with Crippen molar-refractivity contribution in [1.82, 2.24) is 5.32 Å². The second-order valence-corrected chi connectivity index (χ2v) is 12.1. The lowest BCUT2D eigenvalue weighted by Crippen LogP contribution is -3.00. The van der Waals surface area contributed by atoms with Crippen LogP contribution in [0.1, 0.15) is 48.9 Å². The zero-order valence-electron chi connectivity index (χ0n) is 28.7. The molecule has 49 heavy (non-hydrogen) atoms. The van der Waals surface area contributed by atoms with Crippen LogP contribution in [0.3, 0.4) is 0 Å². The second-order valence-electron chi connectivity index (χ2n) is 12.1. The first-order chi connectivity index (χ1) is 23.0. The molecule has 0 aliphatic heterocycles. The molecule has 0 bridgehead atoms. The fourth-order valence-electron chi connectivity index (χ4n) is 5.85. The van der Waals surface area contributed by atoms with Crippen LogP contribution < -0.4 is 47.7 Å². The molecule has 3 unspecified atom stereocenters. The molecule has 0 radical (unpaired) electrons.